The van der Waals surface area contributed by atoms with Gasteiger partial charge in [0, 0.05) is 38.4 Å². The van der Waals surface area contributed by atoms with E-state index >= 15 is 0 Å². The fourth-order valence-corrected chi connectivity index (χ4v) is 2.32. The van der Waals surface area contributed by atoms with Crippen LogP contribution < -0.4 is 11.3 Å². The van der Waals surface area contributed by atoms with E-state index in [0.717, 1.165) is 13.1 Å². The van der Waals surface area contributed by atoms with E-state index in [1.165, 1.54) is 12.3 Å². The Morgan fingerprint density at radius 3 is 2.60 bits per heavy atom. The van der Waals surface area contributed by atoms with Gasteiger partial charge in [0.25, 0.3) is 5.91 Å². The molecule has 7 heteroatoms. The Morgan fingerprint density at radius 1 is 1.40 bits per heavy atom. The zero-order valence-electron chi connectivity index (χ0n) is 11.8. The molecule has 0 bridgehead atoms. The lowest BCUT2D eigenvalue weighted by Gasteiger charge is -2.37. The lowest BCUT2D eigenvalue weighted by molar-refractivity contribution is 0.0591. The highest BCUT2D eigenvalue weighted by molar-refractivity contribution is 5.95. The van der Waals surface area contributed by atoms with E-state index < -0.39 is 5.82 Å². The Kier molecular flexibility index (Phi) is 4.51. The SMILES string of the molecule is CC(C)N1CCN(C(=O)c2ccnc(NN)c2F)CC1. The van der Waals surface area contributed by atoms with Gasteiger partial charge >= 0.3 is 0 Å². The molecule has 1 aliphatic rings. The molecule has 0 aliphatic carbocycles. The number of carbonyl (C=O) groups is 1. The van der Waals surface area contributed by atoms with Crippen molar-refractivity contribution in [2.45, 2.75) is 19.9 Å². The number of nitrogen functional groups attached to an aromatic ring is 1. The number of anilines is 1. The third-order valence-electron chi connectivity index (χ3n) is 3.59. The van der Waals surface area contributed by atoms with E-state index in [0.29, 0.717) is 19.1 Å². The molecule has 2 rings (SSSR count). The number of halogens is 1. The maximum atomic E-state index is 14.0. The zero-order valence-corrected chi connectivity index (χ0v) is 11.8. The van der Waals surface area contributed by atoms with Gasteiger partial charge in [-0.25, -0.2) is 15.2 Å². The number of nitrogens with one attached hydrogen (secondary N) is 1. The molecular formula is C13H20FN5O. The molecule has 1 aromatic heterocycles. The molecule has 0 radical (unpaired) electrons. The van der Waals surface area contributed by atoms with Crippen LogP contribution in [0.4, 0.5) is 10.2 Å². The first-order valence-corrected chi connectivity index (χ1v) is 6.69. The van der Waals surface area contributed by atoms with E-state index in [-0.39, 0.29) is 17.3 Å². The minimum absolute atomic E-state index is 0.00551. The van der Waals surface area contributed by atoms with Crippen molar-refractivity contribution in [2.24, 2.45) is 5.84 Å². The minimum atomic E-state index is -0.703. The first-order valence-electron chi connectivity index (χ1n) is 6.69. The summed E-state index contributed by atoms with van der Waals surface area (Å²) < 4.78 is 14.0. The van der Waals surface area contributed by atoms with Gasteiger partial charge in [-0.05, 0) is 19.9 Å². The van der Waals surface area contributed by atoms with Gasteiger partial charge in [-0.2, -0.15) is 0 Å². The van der Waals surface area contributed by atoms with Gasteiger partial charge in [-0.1, -0.05) is 0 Å². The van der Waals surface area contributed by atoms with Crippen LogP contribution in [0.25, 0.3) is 0 Å². The zero-order chi connectivity index (χ0) is 14.7. The number of nitrogens with two attached hydrogens (primary N) is 1. The van der Waals surface area contributed by atoms with Gasteiger partial charge in [0.05, 0.1) is 5.56 Å². The number of hydrazine groups is 1. The molecule has 3 N–H and O–H groups in total. The van der Waals surface area contributed by atoms with Gasteiger partial charge in [-0.15, -0.1) is 0 Å². The van der Waals surface area contributed by atoms with Crippen molar-refractivity contribution in [1.29, 1.82) is 0 Å². The number of hydrogen-bond acceptors (Lipinski definition) is 5. The van der Waals surface area contributed by atoms with Gasteiger partial charge in [0.1, 0.15) is 0 Å². The number of carbonyl (C=O) groups excluding carboxylic acids is 1. The summed E-state index contributed by atoms with van der Waals surface area (Å²) in [5, 5.41) is 0. The molecule has 110 valence electrons. The second-order valence-electron chi connectivity index (χ2n) is 5.09. The van der Waals surface area contributed by atoms with Crippen LogP contribution in [-0.2, 0) is 0 Å². The molecule has 0 atom stereocenters. The summed E-state index contributed by atoms with van der Waals surface area (Å²) in [5.74, 6) is 4.03. The van der Waals surface area contributed by atoms with E-state index in [9.17, 15) is 9.18 Å². The van der Waals surface area contributed by atoms with Crippen LogP contribution in [0.2, 0.25) is 0 Å². The van der Waals surface area contributed by atoms with Crippen molar-refractivity contribution in [2.75, 3.05) is 31.6 Å². The van der Waals surface area contributed by atoms with Crippen LogP contribution in [-0.4, -0.2) is 52.9 Å². The molecule has 1 aromatic rings. The molecular weight excluding hydrogens is 261 g/mol. The van der Waals surface area contributed by atoms with Crippen LogP contribution in [0, 0.1) is 5.82 Å². The summed E-state index contributed by atoms with van der Waals surface area (Å²) in [4.78, 5) is 20.0. The van der Waals surface area contributed by atoms with Crippen molar-refractivity contribution >= 4 is 11.7 Å². The maximum absolute atomic E-state index is 14.0. The van der Waals surface area contributed by atoms with Crippen molar-refractivity contribution in [1.82, 2.24) is 14.8 Å². The summed E-state index contributed by atoms with van der Waals surface area (Å²) in [5.41, 5.74) is 2.16. The number of rotatable bonds is 3. The largest absolute Gasteiger partial charge is 0.336 e. The lowest BCUT2D eigenvalue weighted by Crippen LogP contribution is -2.50. The molecule has 6 nitrogen and oxygen atoms in total. The number of nitrogens with zero attached hydrogens (tertiary/aromatic N) is 3. The van der Waals surface area contributed by atoms with Crippen molar-refractivity contribution in [3.05, 3.63) is 23.6 Å². The summed E-state index contributed by atoms with van der Waals surface area (Å²) in [7, 11) is 0. The highest BCUT2D eigenvalue weighted by atomic mass is 19.1. The third-order valence-corrected chi connectivity index (χ3v) is 3.59. The molecule has 2 heterocycles. The summed E-state index contributed by atoms with van der Waals surface area (Å²) in [6, 6.07) is 1.84. The first kappa shape index (κ1) is 14.7. The van der Waals surface area contributed by atoms with Crippen LogP contribution in [0.15, 0.2) is 12.3 Å². The van der Waals surface area contributed by atoms with Gasteiger partial charge < -0.3 is 10.3 Å². The molecule has 0 aromatic carbocycles. The summed E-state index contributed by atoms with van der Waals surface area (Å²) in [6.07, 6.45) is 1.37. The van der Waals surface area contributed by atoms with Crippen LogP contribution in [0.5, 0.6) is 0 Å². The van der Waals surface area contributed by atoms with Crippen LogP contribution in [0.3, 0.4) is 0 Å². The minimum Gasteiger partial charge on any atom is -0.336 e. The Hall–Kier alpha value is -1.73. The topological polar surface area (TPSA) is 74.5 Å². The van der Waals surface area contributed by atoms with Gasteiger partial charge in [0.15, 0.2) is 11.6 Å². The maximum Gasteiger partial charge on any atom is 0.257 e. The van der Waals surface area contributed by atoms with E-state index in [1.54, 1.807) is 4.90 Å². The Bertz CT molecular complexity index is 486. The van der Waals surface area contributed by atoms with E-state index in [4.69, 9.17) is 5.84 Å². The van der Waals surface area contributed by atoms with Crippen LogP contribution in [0.1, 0.15) is 24.2 Å². The van der Waals surface area contributed by atoms with Gasteiger partial charge in [-0.3, -0.25) is 9.69 Å². The average Bonchev–Trinajstić information content (AvgIpc) is 2.47. The van der Waals surface area contributed by atoms with Crippen LogP contribution >= 0.6 is 0 Å². The highest BCUT2D eigenvalue weighted by Gasteiger charge is 2.26. The van der Waals surface area contributed by atoms with Crippen molar-refractivity contribution < 1.29 is 9.18 Å². The molecule has 1 aliphatic heterocycles. The molecule has 0 unspecified atom stereocenters. The summed E-state index contributed by atoms with van der Waals surface area (Å²) >= 11 is 0. The molecule has 1 fully saturated rings. The number of pyridine rings is 1. The second-order valence-corrected chi connectivity index (χ2v) is 5.09. The predicted octanol–water partition coefficient (Wildman–Crippen LogP) is 0.672. The normalized spacial score (nSPS) is 16.6. The summed E-state index contributed by atoms with van der Waals surface area (Å²) in [6.45, 7) is 7.06. The number of hydrogen-bond donors (Lipinski definition) is 2. The molecule has 0 spiro atoms. The molecule has 20 heavy (non-hydrogen) atoms. The smallest absolute Gasteiger partial charge is 0.257 e. The average molecular weight is 281 g/mol. The Morgan fingerprint density at radius 2 is 2.05 bits per heavy atom. The van der Waals surface area contributed by atoms with Crippen molar-refractivity contribution in [3.63, 3.8) is 0 Å². The quantitative estimate of drug-likeness (QED) is 0.629. The lowest BCUT2D eigenvalue weighted by atomic mass is 10.2. The standard InChI is InChI=1S/C13H20FN5O/c1-9(2)18-5-7-19(8-6-18)13(20)10-3-4-16-12(17-15)11(10)14/h3-4,9H,5-8,15H2,1-2H3,(H,16,17). The van der Waals surface area contributed by atoms with Gasteiger partial charge in [0.2, 0.25) is 0 Å². The van der Waals surface area contributed by atoms with E-state index in [1.807, 2.05) is 0 Å². The van der Waals surface area contributed by atoms with Crippen molar-refractivity contribution in [3.8, 4) is 0 Å². The third kappa shape index (κ3) is 2.88. The van der Waals surface area contributed by atoms with E-state index in [2.05, 4.69) is 29.2 Å². The molecule has 1 amide bonds. The monoisotopic (exact) mass is 281 g/mol. The fourth-order valence-electron chi connectivity index (χ4n) is 2.32. The number of amides is 1. The Labute approximate surface area is 117 Å². The molecule has 1 saturated heterocycles. The molecule has 0 saturated carbocycles. The first-order chi connectivity index (χ1) is 9.54. The highest BCUT2D eigenvalue weighted by Crippen LogP contribution is 2.17. The number of piperazine rings is 1. The fraction of sp³-hybridized carbons (Fsp3) is 0.538. The predicted molar refractivity (Wildman–Crippen MR) is 74.6 cm³/mol. The second kappa shape index (κ2) is 6.15. The number of aromatic nitrogens is 1. The Balaban J connectivity index is 2.09.